The minimum absolute atomic E-state index is 0.0541. The largest absolute Gasteiger partial charge is 0.448 e. The molecule has 2 N–H and O–H groups in total. The Balaban J connectivity index is 2.76. The van der Waals surface area contributed by atoms with E-state index in [0.717, 1.165) is 24.0 Å². The monoisotopic (exact) mass is 558 g/mol. The molecule has 1 aromatic rings. The maximum atomic E-state index is 12.5. The highest BCUT2D eigenvalue weighted by Gasteiger charge is 2.28. The highest BCUT2D eigenvalue weighted by atomic mass is 16.6. The molecule has 0 heterocycles. The molecule has 1 rings (SSSR count). The zero-order valence-electron chi connectivity index (χ0n) is 24.9. The van der Waals surface area contributed by atoms with E-state index in [1.807, 2.05) is 65.8 Å². The second-order valence-corrected chi connectivity index (χ2v) is 10.4. The van der Waals surface area contributed by atoms with Gasteiger partial charge in [0.15, 0.2) is 0 Å². The fraction of sp³-hybridized carbons (Fsp3) is 0.533. The number of carbonyl (C=O) groups is 4. The third-order valence-electron chi connectivity index (χ3n) is 6.28. The number of ether oxygens (including phenoxy) is 2. The van der Waals surface area contributed by atoms with Gasteiger partial charge in [0.25, 0.3) is 0 Å². The van der Waals surface area contributed by atoms with E-state index in [9.17, 15) is 19.2 Å². The van der Waals surface area contributed by atoms with Gasteiger partial charge in [-0.15, -0.1) is 0 Å². The van der Waals surface area contributed by atoms with Gasteiger partial charge < -0.3 is 29.9 Å². The van der Waals surface area contributed by atoms with E-state index in [1.165, 1.54) is 12.2 Å². The normalized spacial score (nSPS) is 11.2. The van der Waals surface area contributed by atoms with Gasteiger partial charge in [-0.05, 0) is 63.8 Å². The number of amides is 4. The number of nitrogens with zero attached hydrogens (tertiary/aromatic N) is 2. The van der Waals surface area contributed by atoms with Crippen LogP contribution in [0.2, 0.25) is 0 Å². The molecular formula is C30H46N4O6. The van der Waals surface area contributed by atoms with Crippen molar-refractivity contribution < 1.29 is 28.7 Å². The molecule has 10 heteroatoms. The third kappa shape index (κ3) is 11.1. The summed E-state index contributed by atoms with van der Waals surface area (Å²) in [4.78, 5) is 52.0. The third-order valence-corrected chi connectivity index (χ3v) is 6.28. The van der Waals surface area contributed by atoms with Gasteiger partial charge in [0.2, 0.25) is 11.8 Å². The lowest BCUT2D eigenvalue weighted by Gasteiger charge is -2.31. The Morgan fingerprint density at radius 1 is 0.750 bits per heavy atom. The molecule has 0 fully saturated rings. The van der Waals surface area contributed by atoms with E-state index in [4.69, 9.17) is 9.47 Å². The van der Waals surface area contributed by atoms with Crippen molar-refractivity contribution in [3.63, 3.8) is 0 Å². The van der Waals surface area contributed by atoms with Crippen LogP contribution in [0, 0.1) is 0 Å². The Hall–Kier alpha value is -3.82. The van der Waals surface area contributed by atoms with Gasteiger partial charge >= 0.3 is 12.2 Å². The molecule has 40 heavy (non-hydrogen) atoms. The summed E-state index contributed by atoms with van der Waals surface area (Å²) in [6.07, 6.45) is 2.85. The SMILES string of the molecule is C=CC(=O)N(CCC)CCOC(=O)NC(C)(C)c1cccc(C(C)(C)NC(=O)OCCN(CCC)C(=O)C=C)c1. The van der Waals surface area contributed by atoms with Gasteiger partial charge in [-0.25, -0.2) is 9.59 Å². The molecule has 0 aliphatic heterocycles. The first-order valence-corrected chi connectivity index (χ1v) is 13.6. The first kappa shape index (κ1) is 34.2. The second kappa shape index (κ2) is 16.3. The number of alkyl carbamates (subject to hydrolysis) is 2. The highest BCUT2D eigenvalue weighted by Crippen LogP contribution is 2.27. The van der Waals surface area contributed by atoms with Gasteiger partial charge in [-0.3, -0.25) is 9.59 Å². The molecule has 0 atom stereocenters. The fourth-order valence-corrected chi connectivity index (χ4v) is 3.98. The molecule has 0 bridgehead atoms. The maximum Gasteiger partial charge on any atom is 0.407 e. The molecule has 10 nitrogen and oxygen atoms in total. The molecule has 222 valence electrons. The van der Waals surface area contributed by atoms with E-state index in [2.05, 4.69) is 23.8 Å². The van der Waals surface area contributed by atoms with Crippen molar-refractivity contribution in [1.82, 2.24) is 20.4 Å². The standard InChI is InChI=1S/C30H46N4O6/c1-9-16-33(25(35)11-3)18-20-39-27(37)31-29(5,6)23-14-13-15-24(22-23)30(7,8)32-28(38)40-21-19-34(17-10-2)26(36)12-4/h11-15,22H,3-4,9-10,16-21H2,1-2,5-8H3,(H,31,37)(H,32,38). The summed E-state index contributed by atoms with van der Waals surface area (Å²) in [6.45, 7) is 20.1. The van der Waals surface area contributed by atoms with E-state index < -0.39 is 23.3 Å². The average Bonchev–Trinajstić information content (AvgIpc) is 2.90. The van der Waals surface area contributed by atoms with Crippen LogP contribution in [0.3, 0.4) is 0 Å². The summed E-state index contributed by atoms with van der Waals surface area (Å²) >= 11 is 0. The molecule has 4 amide bonds. The van der Waals surface area contributed by atoms with E-state index in [-0.39, 0.29) is 38.1 Å². The molecular weight excluding hydrogens is 512 g/mol. The lowest BCUT2D eigenvalue weighted by Crippen LogP contribution is -2.44. The van der Waals surface area contributed by atoms with Crippen molar-refractivity contribution in [2.24, 2.45) is 0 Å². The summed E-state index contributed by atoms with van der Waals surface area (Å²) in [5, 5.41) is 5.74. The predicted molar refractivity (Wildman–Crippen MR) is 156 cm³/mol. The number of rotatable bonds is 16. The van der Waals surface area contributed by atoms with Crippen molar-refractivity contribution in [3.05, 3.63) is 60.7 Å². The van der Waals surface area contributed by atoms with Crippen LogP contribution in [-0.2, 0) is 30.1 Å². The Morgan fingerprint density at radius 3 is 1.45 bits per heavy atom. The van der Waals surface area contributed by atoms with Crippen LogP contribution >= 0.6 is 0 Å². The van der Waals surface area contributed by atoms with Crippen molar-refractivity contribution in [3.8, 4) is 0 Å². The number of hydrogen-bond acceptors (Lipinski definition) is 6. The Labute approximate surface area is 238 Å². The van der Waals surface area contributed by atoms with Gasteiger partial charge in [0.05, 0.1) is 24.2 Å². The maximum absolute atomic E-state index is 12.5. The Morgan fingerprint density at radius 2 is 1.12 bits per heavy atom. The Bertz CT molecular complexity index is 960. The van der Waals surface area contributed by atoms with Crippen LogP contribution in [-0.4, -0.2) is 73.2 Å². The van der Waals surface area contributed by atoms with Gasteiger partial charge in [0.1, 0.15) is 13.2 Å². The molecule has 0 aliphatic rings. The van der Waals surface area contributed by atoms with Crippen molar-refractivity contribution >= 4 is 24.0 Å². The summed E-state index contributed by atoms with van der Waals surface area (Å²) < 4.78 is 10.7. The molecule has 0 unspecified atom stereocenters. The zero-order valence-corrected chi connectivity index (χ0v) is 24.9. The zero-order chi connectivity index (χ0) is 30.3. The minimum Gasteiger partial charge on any atom is -0.448 e. The second-order valence-electron chi connectivity index (χ2n) is 10.4. The summed E-state index contributed by atoms with van der Waals surface area (Å²) in [6, 6.07) is 7.50. The number of carbonyl (C=O) groups excluding carboxylic acids is 4. The lowest BCUT2D eigenvalue weighted by atomic mass is 9.87. The van der Waals surface area contributed by atoms with Crippen LogP contribution in [0.5, 0.6) is 0 Å². The first-order valence-electron chi connectivity index (χ1n) is 13.6. The predicted octanol–water partition coefficient (Wildman–Crippen LogP) is 4.46. The van der Waals surface area contributed by atoms with Crippen LogP contribution in [0.4, 0.5) is 9.59 Å². The van der Waals surface area contributed by atoms with E-state index >= 15 is 0 Å². The fourth-order valence-electron chi connectivity index (χ4n) is 3.98. The molecule has 0 saturated heterocycles. The number of nitrogens with one attached hydrogen (secondary N) is 2. The van der Waals surface area contributed by atoms with Crippen LogP contribution in [0.15, 0.2) is 49.6 Å². The number of hydrogen-bond donors (Lipinski definition) is 2. The average molecular weight is 559 g/mol. The Kier molecular flexibility index (Phi) is 14.0. The van der Waals surface area contributed by atoms with E-state index in [1.54, 1.807) is 9.80 Å². The van der Waals surface area contributed by atoms with Gasteiger partial charge in [0, 0.05) is 13.1 Å². The van der Waals surface area contributed by atoms with Crippen LogP contribution in [0.1, 0.15) is 65.5 Å². The van der Waals surface area contributed by atoms with Gasteiger partial charge in [-0.1, -0.05) is 51.3 Å². The van der Waals surface area contributed by atoms with Crippen molar-refractivity contribution in [2.45, 2.75) is 65.5 Å². The smallest absolute Gasteiger partial charge is 0.407 e. The molecule has 1 aromatic carbocycles. The van der Waals surface area contributed by atoms with E-state index in [0.29, 0.717) is 13.1 Å². The highest BCUT2D eigenvalue weighted by molar-refractivity contribution is 5.87. The number of benzene rings is 1. The van der Waals surface area contributed by atoms with Crippen molar-refractivity contribution in [1.29, 1.82) is 0 Å². The summed E-state index contributed by atoms with van der Waals surface area (Å²) in [5.41, 5.74) is 0.0319. The quantitative estimate of drug-likeness (QED) is 0.289. The summed E-state index contributed by atoms with van der Waals surface area (Å²) in [7, 11) is 0. The molecule has 0 radical (unpaired) electrons. The minimum atomic E-state index is -0.788. The summed E-state index contributed by atoms with van der Waals surface area (Å²) in [5.74, 6) is -0.409. The first-order chi connectivity index (χ1) is 18.8. The molecule has 0 aromatic heterocycles. The molecule has 0 spiro atoms. The van der Waals surface area contributed by atoms with Crippen LogP contribution in [0.25, 0.3) is 0 Å². The lowest BCUT2D eigenvalue weighted by molar-refractivity contribution is -0.127. The van der Waals surface area contributed by atoms with Gasteiger partial charge in [-0.2, -0.15) is 0 Å². The van der Waals surface area contributed by atoms with Crippen LogP contribution < -0.4 is 10.6 Å². The molecule has 0 aliphatic carbocycles. The van der Waals surface area contributed by atoms with Crippen molar-refractivity contribution in [2.75, 3.05) is 39.4 Å². The molecule has 0 saturated carbocycles. The topological polar surface area (TPSA) is 117 Å².